The normalized spacial score (nSPS) is 9.30. The maximum atomic E-state index is 11.8. The van der Waals surface area contributed by atoms with Gasteiger partial charge in [0, 0.05) is 44.4 Å². The molecule has 0 aliphatic heterocycles. The third kappa shape index (κ3) is 5.50. The zero-order chi connectivity index (χ0) is 14.8. The summed E-state index contributed by atoms with van der Waals surface area (Å²) in [5.41, 5.74) is 0.995. The summed E-state index contributed by atoms with van der Waals surface area (Å²) < 4.78 is 0. The van der Waals surface area contributed by atoms with Crippen LogP contribution in [-0.4, -0.2) is 42.1 Å². The van der Waals surface area contributed by atoms with Crippen LogP contribution in [0.3, 0.4) is 0 Å². The molecule has 2 amide bonds. The maximum absolute atomic E-state index is 11.8. The summed E-state index contributed by atoms with van der Waals surface area (Å²) in [6, 6.07) is 1.62. The van der Waals surface area contributed by atoms with Gasteiger partial charge in [0.05, 0.1) is 12.2 Å². The molecule has 1 aromatic heterocycles. The van der Waals surface area contributed by atoms with E-state index < -0.39 is 0 Å². The van der Waals surface area contributed by atoms with E-state index in [2.05, 4.69) is 27.5 Å². The summed E-state index contributed by atoms with van der Waals surface area (Å²) in [5.74, 6) is 5.14. The Morgan fingerprint density at radius 1 is 1.40 bits per heavy atom. The Hall–Kier alpha value is -2.39. The lowest BCUT2D eigenvalue weighted by Gasteiger charge is -2.04. The number of aromatic nitrogens is 1. The second-order valence-electron chi connectivity index (χ2n) is 3.92. The van der Waals surface area contributed by atoms with Crippen LogP contribution in [0.25, 0.3) is 0 Å². The van der Waals surface area contributed by atoms with Gasteiger partial charge >= 0.3 is 0 Å². The molecule has 1 rings (SSSR count). The number of carbonyl (C=O) groups is 2. The Bertz CT molecular complexity index is 532. The number of hydrogen-bond donors (Lipinski definition) is 3. The van der Waals surface area contributed by atoms with Gasteiger partial charge < -0.3 is 15.7 Å². The third-order valence-corrected chi connectivity index (χ3v) is 2.39. The van der Waals surface area contributed by atoms with Crippen LogP contribution in [-0.2, 0) is 4.79 Å². The van der Waals surface area contributed by atoms with Crippen LogP contribution in [0.2, 0.25) is 0 Å². The van der Waals surface area contributed by atoms with Crippen molar-refractivity contribution in [3.8, 4) is 11.8 Å². The first-order valence-corrected chi connectivity index (χ1v) is 6.21. The molecule has 20 heavy (non-hydrogen) atoms. The van der Waals surface area contributed by atoms with Gasteiger partial charge in [-0.3, -0.25) is 14.6 Å². The first-order chi connectivity index (χ1) is 9.67. The van der Waals surface area contributed by atoms with Gasteiger partial charge in [0.15, 0.2) is 0 Å². The number of pyridine rings is 1. The van der Waals surface area contributed by atoms with E-state index in [0.29, 0.717) is 17.5 Å². The molecule has 0 aliphatic rings. The van der Waals surface area contributed by atoms with E-state index in [4.69, 9.17) is 5.11 Å². The van der Waals surface area contributed by atoms with Gasteiger partial charge in [0.2, 0.25) is 5.91 Å². The maximum Gasteiger partial charge on any atom is 0.252 e. The molecular weight excluding hydrogens is 258 g/mol. The fraction of sp³-hybridized carbons (Fsp3) is 0.357. The summed E-state index contributed by atoms with van der Waals surface area (Å²) in [7, 11) is 1.54. The molecule has 0 radical (unpaired) electrons. The monoisotopic (exact) mass is 275 g/mol. The molecular formula is C14H17N3O3. The van der Waals surface area contributed by atoms with Gasteiger partial charge in [0.1, 0.15) is 0 Å². The van der Waals surface area contributed by atoms with E-state index in [1.165, 1.54) is 6.20 Å². The second-order valence-corrected chi connectivity index (χ2v) is 3.92. The van der Waals surface area contributed by atoms with Gasteiger partial charge in [-0.1, -0.05) is 11.8 Å². The Balaban J connectivity index is 2.58. The Morgan fingerprint density at radius 3 is 2.90 bits per heavy atom. The van der Waals surface area contributed by atoms with Crippen LogP contribution >= 0.6 is 0 Å². The number of amides is 2. The fourth-order valence-corrected chi connectivity index (χ4v) is 1.37. The molecule has 0 unspecified atom stereocenters. The number of hydrogen-bond acceptors (Lipinski definition) is 4. The quantitative estimate of drug-likeness (QED) is 0.642. The van der Waals surface area contributed by atoms with E-state index in [1.807, 2.05) is 0 Å². The van der Waals surface area contributed by atoms with Gasteiger partial charge in [0.25, 0.3) is 5.91 Å². The van der Waals surface area contributed by atoms with Crippen LogP contribution in [0, 0.1) is 11.8 Å². The minimum absolute atomic E-state index is 0.0000973. The largest absolute Gasteiger partial charge is 0.395 e. The minimum Gasteiger partial charge on any atom is -0.395 e. The van der Waals surface area contributed by atoms with Crippen molar-refractivity contribution in [3.05, 3.63) is 29.6 Å². The highest BCUT2D eigenvalue weighted by atomic mass is 16.2. The highest BCUT2D eigenvalue weighted by molar-refractivity contribution is 5.94. The lowest BCUT2D eigenvalue weighted by atomic mass is 10.2. The Kier molecular flexibility index (Phi) is 6.79. The number of carbonyl (C=O) groups excluding carboxylic acids is 2. The molecule has 6 heteroatoms. The number of rotatable bonds is 5. The first kappa shape index (κ1) is 15.7. The first-order valence-electron chi connectivity index (χ1n) is 6.21. The van der Waals surface area contributed by atoms with Gasteiger partial charge in [-0.05, 0) is 6.07 Å². The van der Waals surface area contributed by atoms with E-state index in [0.717, 1.165) is 0 Å². The molecule has 0 atom stereocenters. The van der Waals surface area contributed by atoms with E-state index in [9.17, 15) is 9.59 Å². The summed E-state index contributed by atoms with van der Waals surface area (Å²) >= 11 is 0. The Labute approximate surface area is 117 Å². The van der Waals surface area contributed by atoms with Gasteiger partial charge in [-0.15, -0.1) is 0 Å². The van der Waals surface area contributed by atoms with Crippen molar-refractivity contribution in [1.29, 1.82) is 0 Å². The van der Waals surface area contributed by atoms with E-state index in [1.54, 1.807) is 19.3 Å². The van der Waals surface area contributed by atoms with Crippen molar-refractivity contribution in [2.45, 2.75) is 12.8 Å². The molecule has 0 saturated carbocycles. The van der Waals surface area contributed by atoms with Crippen molar-refractivity contribution >= 4 is 11.8 Å². The van der Waals surface area contributed by atoms with Crippen molar-refractivity contribution in [2.24, 2.45) is 0 Å². The number of aliphatic hydroxyl groups is 1. The molecule has 1 heterocycles. The number of nitrogens with zero attached hydrogens (tertiary/aromatic N) is 1. The highest BCUT2D eigenvalue weighted by Gasteiger charge is 2.06. The van der Waals surface area contributed by atoms with Crippen LogP contribution < -0.4 is 10.6 Å². The number of nitrogens with one attached hydrogen (secondary N) is 2. The lowest BCUT2D eigenvalue weighted by molar-refractivity contribution is -0.120. The molecule has 3 N–H and O–H groups in total. The smallest absolute Gasteiger partial charge is 0.252 e. The second kappa shape index (κ2) is 8.67. The standard InChI is InChI=1S/C14H17N3O3/c1-15-13(19)5-6-17-14(20)12-8-11(9-16-10-12)4-2-3-7-18/h8-10,18H,3,5-7H2,1H3,(H,15,19)(H,17,20). The van der Waals surface area contributed by atoms with Crippen molar-refractivity contribution in [2.75, 3.05) is 20.2 Å². The van der Waals surface area contributed by atoms with Crippen molar-refractivity contribution in [1.82, 2.24) is 15.6 Å². The molecule has 1 aromatic rings. The molecule has 0 fully saturated rings. The molecule has 0 spiro atoms. The van der Waals surface area contributed by atoms with Crippen LogP contribution in [0.15, 0.2) is 18.5 Å². The van der Waals surface area contributed by atoms with Gasteiger partial charge in [-0.25, -0.2) is 0 Å². The predicted molar refractivity (Wildman–Crippen MR) is 73.8 cm³/mol. The SMILES string of the molecule is CNC(=O)CCNC(=O)c1cncc(C#CCCO)c1. The Morgan fingerprint density at radius 2 is 2.20 bits per heavy atom. The summed E-state index contributed by atoms with van der Waals surface area (Å²) in [5, 5.41) is 13.7. The molecule has 6 nitrogen and oxygen atoms in total. The van der Waals surface area contributed by atoms with E-state index >= 15 is 0 Å². The zero-order valence-corrected chi connectivity index (χ0v) is 11.3. The summed E-state index contributed by atoms with van der Waals surface area (Å²) in [6.45, 7) is 0.263. The molecule has 106 valence electrons. The van der Waals surface area contributed by atoms with E-state index in [-0.39, 0.29) is 31.4 Å². The molecule has 0 aliphatic carbocycles. The van der Waals surface area contributed by atoms with Gasteiger partial charge in [-0.2, -0.15) is 0 Å². The highest BCUT2D eigenvalue weighted by Crippen LogP contribution is 2.01. The number of aliphatic hydroxyl groups excluding tert-OH is 1. The average molecular weight is 275 g/mol. The predicted octanol–water partition coefficient (Wildman–Crippen LogP) is -0.319. The molecule has 0 bridgehead atoms. The van der Waals surface area contributed by atoms with Crippen LogP contribution in [0.1, 0.15) is 28.8 Å². The van der Waals surface area contributed by atoms with Crippen LogP contribution in [0.5, 0.6) is 0 Å². The van der Waals surface area contributed by atoms with Crippen molar-refractivity contribution in [3.63, 3.8) is 0 Å². The topological polar surface area (TPSA) is 91.3 Å². The van der Waals surface area contributed by atoms with Crippen LogP contribution in [0.4, 0.5) is 0 Å². The summed E-state index contributed by atoms with van der Waals surface area (Å²) in [4.78, 5) is 26.8. The summed E-state index contributed by atoms with van der Waals surface area (Å²) in [6.07, 6.45) is 3.59. The lowest BCUT2D eigenvalue weighted by Crippen LogP contribution is -2.29. The fourth-order valence-electron chi connectivity index (χ4n) is 1.37. The van der Waals surface area contributed by atoms with Crippen molar-refractivity contribution < 1.29 is 14.7 Å². The average Bonchev–Trinajstić information content (AvgIpc) is 2.47. The zero-order valence-electron chi connectivity index (χ0n) is 11.3. The minimum atomic E-state index is -0.299. The third-order valence-electron chi connectivity index (χ3n) is 2.39. The molecule has 0 saturated heterocycles. The molecule has 0 aromatic carbocycles.